The molecule has 6 nitrogen and oxygen atoms in total. The zero-order valence-corrected chi connectivity index (χ0v) is 24.0. The zero-order chi connectivity index (χ0) is 26.6. The zero-order valence-electron chi connectivity index (χ0n) is 21.5. The predicted octanol–water partition coefficient (Wildman–Crippen LogP) is 7.41. The molecule has 1 aliphatic carbocycles. The number of carbonyl (C=O) groups excluding carboxylic acids is 1. The van der Waals surface area contributed by atoms with Gasteiger partial charge < -0.3 is 5.32 Å². The van der Waals surface area contributed by atoms with E-state index in [0.717, 1.165) is 53.8 Å². The summed E-state index contributed by atoms with van der Waals surface area (Å²) in [5, 5.41) is 25.2. The molecule has 0 aliphatic heterocycles. The van der Waals surface area contributed by atoms with E-state index in [1.165, 1.54) is 33.5 Å². The maximum Gasteiger partial charge on any atom is 0.235 e. The lowest BCUT2D eigenvalue weighted by Gasteiger charge is -2.10. The first-order valence-electron chi connectivity index (χ1n) is 12.7. The Hall–Kier alpha value is -3.19. The van der Waals surface area contributed by atoms with Crippen LogP contribution in [0.15, 0.2) is 47.5 Å². The molecule has 1 N–H and O–H groups in total. The maximum atomic E-state index is 12.9. The summed E-state index contributed by atoms with van der Waals surface area (Å²) in [5.74, 6) is 0.793. The quantitative estimate of drug-likeness (QED) is 0.138. The number of allylic oxidation sites excluding steroid dienone is 1. The summed E-state index contributed by atoms with van der Waals surface area (Å²) in [6.45, 7) is 8.66. The minimum absolute atomic E-state index is 0.149. The number of rotatable bonds is 8. The molecule has 0 spiro atoms. The predicted molar refractivity (Wildman–Crippen MR) is 158 cm³/mol. The number of thioether (sulfide) groups is 1. The molecule has 0 saturated heterocycles. The number of nitriles is 1. The molecule has 1 aromatic carbocycles. The van der Waals surface area contributed by atoms with Gasteiger partial charge in [-0.05, 0) is 50.7 Å². The largest absolute Gasteiger partial charge is 0.316 e. The molecule has 38 heavy (non-hydrogen) atoms. The number of aromatic nitrogens is 3. The van der Waals surface area contributed by atoms with Crippen molar-refractivity contribution in [1.29, 1.82) is 5.26 Å². The summed E-state index contributed by atoms with van der Waals surface area (Å²) in [5.41, 5.74) is 6.32. The van der Waals surface area contributed by atoms with Crippen LogP contribution in [0.2, 0.25) is 0 Å². The summed E-state index contributed by atoms with van der Waals surface area (Å²) in [4.78, 5) is 15.4. The second kappa shape index (κ2) is 11.7. The third kappa shape index (κ3) is 5.35. The van der Waals surface area contributed by atoms with Crippen LogP contribution < -0.4 is 5.32 Å². The number of anilines is 1. The third-order valence-corrected chi connectivity index (χ3v) is 9.79. The molecular formula is C29H29N5OS3. The highest BCUT2D eigenvalue weighted by atomic mass is 32.2. The van der Waals surface area contributed by atoms with Gasteiger partial charge >= 0.3 is 0 Å². The maximum absolute atomic E-state index is 12.9. The molecule has 0 unspecified atom stereocenters. The van der Waals surface area contributed by atoms with Gasteiger partial charge in [-0.3, -0.25) is 9.36 Å². The number of nitrogens with one attached hydrogen (secondary N) is 1. The van der Waals surface area contributed by atoms with E-state index < -0.39 is 0 Å². The Morgan fingerprint density at radius 1 is 1.21 bits per heavy atom. The van der Waals surface area contributed by atoms with Crippen molar-refractivity contribution in [3.8, 4) is 28.6 Å². The van der Waals surface area contributed by atoms with Crippen molar-refractivity contribution in [3.05, 3.63) is 68.7 Å². The fraction of sp³-hybridized carbons (Fsp3) is 0.310. The van der Waals surface area contributed by atoms with Gasteiger partial charge in [0.25, 0.3) is 0 Å². The number of amides is 1. The molecule has 4 aromatic rings. The number of hydrogen-bond acceptors (Lipinski definition) is 7. The van der Waals surface area contributed by atoms with E-state index in [4.69, 9.17) is 0 Å². The van der Waals surface area contributed by atoms with Crippen molar-refractivity contribution in [3.63, 3.8) is 0 Å². The number of hydrogen-bond donors (Lipinski definition) is 1. The van der Waals surface area contributed by atoms with Gasteiger partial charge in [-0.2, -0.15) is 5.26 Å². The fourth-order valence-electron chi connectivity index (χ4n) is 4.83. The Morgan fingerprint density at radius 2 is 2.00 bits per heavy atom. The van der Waals surface area contributed by atoms with Gasteiger partial charge in [0.05, 0.1) is 11.3 Å². The van der Waals surface area contributed by atoms with Gasteiger partial charge in [0.15, 0.2) is 11.0 Å². The van der Waals surface area contributed by atoms with Crippen molar-refractivity contribution in [1.82, 2.24) is 14.8 Å². The number of aryl methyl sites for hydroxylation is 3. The van der Waals surface area contributed by atoms with E-state index in [1.807, 2.05) is 10.6 Å². The van der Waals surface area contributed by atoms with E-state index in [9.17, 15) is 10.1 Å². The van der Waals surface area contributed by atoms with Crippen LogP contribution in [0.25, 0.3) is 22.5 Å². The molecule has 9 heteroatoms. The normalized spacial score (nSPS) is 13.0. The molecule has 194 valence electrons. The van der Waals surface area contributed by atoms with Crippen LogP contribution in [0.1, 0.15) is 45.7 Å². The van der Waals surface area contributed by atoms with Crippen LogP contribution in [0.3, 0.4) is 0 Å². The Bertz CT molecular complexity index is 1520. The second-order valence-electron chi connectivity index (χ2n) is 9.37. The average molecular weight is 560 g/mol. The van der Waals surface area contributed by atoms with Crippen LogP contribution in [0.5, 0.6) is 0 Å². The van der Waals surface area contributed by atoms with Crippen LogP contribution in [-0.4, -0.2) is 26.4 Å². The monoisotopic (exact) mass is 559 g/mol. The molecule has 5 rings (SSSR count). The second-order valence-corrected chi connectivity index (χ2v) is 12.5. The minimum atomic E-state index is -0.149. The van der Waals surface area contributed by atoms with Crippen LogP contribution in [0.4, 0.5) is 5.00 Å². The van der Waals surface area contributed by atoms with Crippen molar-refractivity contribution in [2.45, 2.75) is 57.7 Å². The number of benzene rings is 1. The first-order valence-corrected chi connectivity index (χ1v) is 15.3. The topological polar surface area (TPSA) is 83.6 Å². The van der Waals surface area contributed by atoms with Crippen LogP contribution in [-0.2, 0) is 24.2 Å². The summed E-state index contributed by atoms with van der Waals surface area (Å²) in [6, 6.07) is 10.9. The van der Waals surface area contributed by atoms with Crippen molar-refractivity contribution >= 4 is 45.3 Å². The van der Waals surface area contributed by atoms with E-state index in [2.05, 4.69) is 71.7 Å². The fourth-order valence-corrected chi connectivity index (χ4v) is 7.70. The molecule has 3 aromatic heterocycles. The molecular weight excluding hydrogens is 531 g/mol. The van der Waals surface area contributed by atoms with Gasteiger partial charge in [0.1, 0.15) is 11.1 Å². The van der Waals surface area contributed by atoms with Crippen LogP contribution in [0, 0.1) is 25.2 Å². The number of nitrogens with zero attached hydrogens (tertiary/aromatic N) is 4. The first kappa shape index (κ1) is 26.4. The highest BCUT2D eigenvalue weighted by molar-refractivity contribution is 7.99. The third-order valence-electron chi connectivity index (χ3n) is 6.70. The van der Waals surface area contributed by atoms with E-state index in [0.29, 0.717) is 22.3 Å². The molecule has 0 fully saturated rings. The standard InChI is InChI=1S/C29H29N5OS3/c1-4-14-34-27(23-16-36-19(3)26(23)20-12-10-18(2)11-13-20)32-33-29(34)37-17-25(35)31-28-22(15-30)21-8-6-5-7-9-24(21)38-28/h4,10-13,16H,1,5-9,14,17H2,2-3H3,(H,31,35). The molecule has 0 atom stereocenters. The lowest BCUT2D eigenvalue weighted by molar-refractivity contribution is -0.113. The van der Waals surface area contributed by atoms with Gasteiger partial charge in [-0.25, -0.2) is 0 Å². The van der Waals surface area contributed by atoms with Gasteiger partial charge in [0.2, 0.25) is 5.91 Å². The van der Waals surface area contributed by atoms with Crippen molar-refractivity contribution in [2.75, 3.05) is 11.1 Å². The summed E-state index contributed by atoms with van der Waals surface area (Å²) in [6.07, 6.45) is 7.14. The summed E-state index contributed by atoms with van der Waals surface area (Å²) < 4.78 is 2.01. The lowest BCUT2D eigenvalue weighted by Crippen LogP contribution is -2.14. The number of thiophene rings is 2. The van der Waals surface area contributed by atoms with Gasteiger partial charge in [-0.15, -0.1) is 39.4 Å². The minimum Gasteiger partial charge on any atom is -0.316 e. The molecule has 0 radical (unpaired) electrons. The van der Waals surface area contributed by atoms with Crippen LogP contribution >= 0.6 is 34.4 Å². The average Bonchev–Trinajstić information content (AvgIpc) is 3.53. The van der Waals surface area contributed by atoms with E-state index >= 15 is 0 Å². The first-order chi connectivity index (χ1) is 18.5. The molecule has 0 bridgehead atoms. The Labute approximate surface area is 235 Å². The van der Waals surface area contributed by atoms with Gasteiger partial charge in [-0.1, -0.05) is 54.1 Å². The Balaban J connectivity index is 1.36. The van der Waals surface area contributed by atoms with E-state index in [1.54, 1.807) is 22.7 Å². The molecule has 1 amide bonds. The highest BCUT2D eigenvalue weighted by Gasteiger charge is 2.23. The lowest BCUT2D eigenvalue weighted by atomic mass is 10.0. The smallest absolute Gasteiger partial charge is 0.235 e. The van der Waals surface area contributed by atoms with E-state index in [-0.39, 0.29) is 11.7 Å². The molecule has 1 aliphatic rings. The summed E-state index contributed by atoms with van der Waals surface area (Å²) >= 11 is 4.60. The Kier molecular flexibility index (Phi) is 8.12. The highest BCUT2D eigenvalue weighted by Crippen LogP contribution is 2.40. The molecule has 3 heterocycles. The number of fused-ring (bicyclic) bond motifs is 1. The Morgan fingerprint density at radius 3 is 2.76 bits per heavy atom. The van der Waals surface area contributed by atoms with Gasteiger partial charge in [0, 0.05) is 32.8 Å². The molecule has 0 saturated carbocycles. The van der Waals surface area contributed by atoms with Crippen molar-refractivity contribution in [2.24, 2.45) is 0 Å². The SMILES string of the molecule is C=CCn1c(SCC(=O)Nc2sc3c(c2C#N)CCCCC3)nnc1-c1csc(C)c1-c1ccc(C)cc1. The van der Waals surface area contributed by atoms with Crippen molar-refractivity contribution < 1.29 is 4.79 Å². The number of carbonyl (C=O) groups is 1. The summed E-state index contributed by atoms with van der Waals surface area (Å²) in [7, 11) is 0.